The average Bonchev–Trinajstić information content (AvgIpc) is 3.15. The Morgan fingerprint density at radius 1 is 1.15 bits per heavy atom. The molecule has 6 heteroatoms. The van der Waals surface area contributed by atoms with Gasteiger partial charge in [-0.3, -0.25) is 9.59 Å². The molecule has 5 nitrogen and oxygen atoms in total. The fraction of sp³-hybridized carbons (Fsp3) is 0.300. The van der Waals surface area contributed by atoms with Crippen molar-refractivity contribution in [2.75, 3.05) is 18.5 Å². The summed E-state index contributed by atoms with van der Waals surface area (Å²) >= 11 is 2.16. The number of hydrogen-bond donors (Lipinski definition) is 2. The molecule has 1 aliphatic rings. The van der Waals surface area contributed by atoms with E-state index < -0.39 is 0 Å². The van der Waals surface area contributed by atoms with Crippen molar-refractivity contribution in [3.63, 3.8) is 0 Å². The molecule has 2 aromatic rings. The second-order valence-corrected chi connectivity index (χ2v) is 7.55. The summed E-state index contributed by atoms with van der Waals surface area (Å²) in [7, 11) is 0. The van der Waals surface area contributed by atoms with Gasteiger partial charge in [-0.2, -0.15) is 0 Å². The molecule has 136 valence electrons. The molecule has 26 heavy (non-hydrogen) atoms. The van der Waals surface area contributed by atoms with Crippen LogP contribution in [0.2, 0.25) is 0 Å². The van der Waals surface area contributed by atoms with E-state index in [1.54, 1.807) is 18.2 Å². The fourth-order valence-corrected chi connectivity index (χ4v) is 3.43. The van der Waals surface area contributed by atoms with E-state index in [4.69, 9.17) is 4.74 Å². The number of ether oxygens (including phenoxy) is 1. The van der Waals surface area contributed by atoms with E-state index in [0.717, 1.165) is 28.6 Å². The molecule has 2 N–H and O–H groups in total. The van der Waals surface area contributed by atoms with E-state index in [-0.39, 0.29) is 17.9 Å². The molecule has 0 spiro atoms. The SMILES string of the molecule is Cc1ccccc1C(=O)Nc1ccc(I)cc1C(=O)NC[C@H]1CCCO1. The molecule has 0 saturated carbocycles. The van der Waals surface area contributed by atoms with E-state index in [1.807, 2.05) is 31.2 Å². The van der Waals surface area contributed by atoms with E-state index in [0.29, 0.717) is 23.4 Å². The molecule has 0 aromatic heterocycles. The molecule has 1 saturated heterocycles. The van der Waals surface area contributed by atoms with Crippen molar-refractivity contribution in [1.29, 1.82) is 0 Å². The predicted octanol–water partition coefficient (Wildman–Crippen LogP) is 3.76. The fourth-order valence-electron chi connectivity index (χ4n) is 2.94. The van der Waals surface area contributed by atoms with Gasteiger partial charge in [-0.15, -0.1) is 0 Å². The number of carbonyl (C=O) groups excluding carboxylic acids is 2. The van der Waals surface area contributed by atoms with Gasteiger partial charge in [0, 0.05) is 22.3 Å². The minimum Gasteiger partial charge on any atom is -0.376 e. The molecule has 2 amide bonds. The van der Waals surface area contributed by atoms with Crippen LogP contribution in [0.4, 0.5) is 5.69 Å². The third-order valence-electron chi connectivity index (χ3n) is 4.38. The minimum absolute atomic E-state index is 0.0757. The number of benzene rings is 2. The quantitative estimate of drug-likeness (QED) is 0.663. The van der Waals surface area contributed by atoms with Crippen molar-refractivity contribution >= 4 is 40.1 Å². The maximum Gasteiger partial charge on any atom is 0.255 e. The normalized spacial score (nSPS) is 16.3. The molecule has 0 bridgehead atoms. The van der Waals surface area contributed by atoms with Crippen LogP contribution in [0.5, 0.6) is 0 Å². The van der Waals surface area contributed by atoms with E-state index in [9.17, 15) is 9.59 Å². The van der Waals surface area contributed by atoms with E-state index in [1.165, 1.54) is 0 Å². The van der Waals surface area contributed by atoms with Crippen molar-refractivity contribution in [3.8, 4) is 0 Å². The highest BCUT2D eigenvalue weighted by atomic mass is 127. The van der Waals surface area contributed by atoms with Crippen molar-refractivity contribution in [1.82, 2.24) is 5.32 Å². The van der Waals surface area contributed by atoms with Gasteiger partial charge in [0.15, 0.2) is 0 Å². The van der Waals surface area contributed by atoms with Crippen molar-refractivity contribution in [2.24, 2.45) is 0 Å². The third-order valence-corrected chi connectivity index (χ3v) is 5.05. The Hall–Kier alpha value is -1.93. The summed E-state index contributed by atoms with van der Waals surface area (Å²) in [5, 5.41) is 5.78. The number of aryl methyl sites for hydroxylation is 1. The molecule has 0 radical (unpaired) electrons. The highest BCUT2D eigenvalue weighted by molar-refractivity contribution is 14.1. The maximum atomic E-state index is 12.6. The molecular formula is C20H21IN2O3. The van der Waals surface area contributed by atoms with Gasteiger partial charge in [0.1, 0.15) is 0 Å². The molecule has 2 aromatic carbocycles. The summed E-state index contributed by atoms with van der Waals surface area (Å²) in [5.74, 6) is -0.434. The molecule has 1 atom stereocenters. The first-order valence-electron chi connectivity index (χ1n) is 8.61. The molecular weight excluding hydrogens is 443 g/mol. The van der Waals surface area contributed by atoms with E-state index in [2.05, 4.69) is 33.2 Å². The summed E-state index contributed by atoms with van der Waals surface area (Å²) in [6.07, 6.45) is 2.07. The number of anilines is 1. The Balaban J connectivity index is 1.75. The zero-order chi connectivity index (χ0) is 18.5. The Bertz CT molecular complexity index is 816. The molecule has 0 aliphatic carbocycles. The van der Waals surface area contributed by atoms with Crippen LogP contribution in [0, 0.1) is 10.5 Å². The maximum absolute atomic E-state index is 12.6. The number of nitrogens with one attached hydrogen (secondary N) is 2. The second kappa shape index (κ2) is 8.64. The summed E-state index contributed by atoms with van der Waals surface area (Å²) in [5.41, 5.74) is 2.44. The molecule has 1 aliphatic heterocycles. The summed E-state index contributed by atoms with van der Waals surface area (Å²) in [6, 6.07) is 12.8. The Kier molecular flexibility index (Phi) is 6.26. The van der Waals surface area contributed by atoms with Gasteiger partial charge < -0.3 is 15.4 Å². The topological polar surface area (TPSA) is 67.4 Å². The average molecular weight is 464 g/mol. The lowest BCUT2D eigenvalue weighted by Gasteiger charge is -2.15. The van der Waals surface area contributed by atoms with Crippen molar-refractivity contribution in [3.05, 3.63) is 62.7 Å². The van der Waals surface area contributed by atoms with E-state index >= 15 is 0 Å². The lowest BCUT2D eigenvalue weighted by Crippen LogP contribution is -2.32. The van der Waals surface area contributed by atoms with Gasteiger partial charge in [0.05, 0.1) is 17.4 Å². The third kappa shape index (κ3) is 4.62. The van der Waals surface area contributed by atoms with Crippen LogP contribution in [0.25, 0.3) is 0 Å². The van der Waals surface area contributed by atoms with Gasteiger partial charge in [-0.05, 0) is 72.2 Å². The predicted molar refractivity (Wildman–Crippen MR) is 110 cm³/mol. The number of hydrogen-bond acceptors (Lipinski definition) is 3. The largest absolute Gasteiger partial charge is 0.376 e. The zero-order valence-corrected chi connectivity index (χ0v) is 16.7. The van der Waals surface area contributed by atoms with Crippen LogP contribution in [0.1, 0.15) is 39.1 Å². The first-order valence-corrected chi connectivity index (χ1v) is 9.69. The van der Waals surface area contributed by atoms with Crippen LogP contribution in [-0.4, -0.2) is 31.1 Å². The van der Waals surface area contributed by atoms with Crippen LogP contribution in [0.3, 0.4) is 0 Å². The summed E-state index contributed by atoms with van der Waals surface area (Å²) in [6.45, 7) is 3.12. The van der Waals surface area contributed by atoms with Gasteiger partial charge in [0.25, 0.3) is 11.8 Å². The monoisotopic (exact) mass is 464 g/mol. The van der Waals surface area contributed by atoms with Gasteiger partial charge in [-0.1, -0.05) is 18.2 Å². The molecule has 3 rings (SSSR count). The first kappa shape index (κ1) is 18.8. The Morgan fingerprint density at radius 2 is 1.96 bits per heavy atom. The summed E-state index contributed by atoms with van der Waals surface area (Å²) < 4.78 is 6.47. The molecule has 1 heterocycles. The second-order valence-electron chi connectivity index (χ2n) is 6.30. The first-order chi connectivity index (χ1) is 12.5. The van der Waals surface area contributed by atoms with Gasteiger partial charge >= 0.3 is 0 Å². The van der Waals surface area contributed by atoms with Crippen LogP contribution in [0.15, 0.2) is 42.5 Å². The highest BCUT2D eigenvalue weighted by Gasteiger charge is 2.19. The smallest absolute Gasteiger partial charge is 0.255 e. The zero-order valence-electron chi connectivity index (χ0n) is 14.5. The lowest BCUT2D eigenvalue weighted by molar-refractivity contribution is 0.0858. The number of amides is 2. The lowest BCUT2D eigenvalue weighted by atomic mass is 10.1. The van der Waals surface area contributed by atoms with Gasteiger partial charge in [-0.25, -0.2) is 0 Å². The summed E-state index contributed by atoms with van der Waals surface area (Å²) in [4.78, 5) is 25.2. The van der Waals surface area contributed by atoms with Crippen molar-refractivity contribution in [2.45, 2.75) is 25.9 Å². The minimum atomic E-state index is -0.225. The Morgan fingerprint density at radius 3 is 2.69 bits per heavy atom. The van der Waals surface area contributed by atoms with Gasteiger partial charge in [0.2, 0.25) is 0 Å². The van der Waals surface area contributed by atoms with Crippen LogP contribution in [-0.2, 0) is 4.74 Å². The number of rotatable bonds is 5. The highest BCUT2D eigenvalue weighted by Crippen LogP contribution is 2.21. The molecule has 1 fully saturated rings. The van der Waals surface area contributed by atoms with Crippen LogP contribution >= 0.6 is 22.6 Å². The standard InChI is InChI=1S/C20H21IN2O3/c1-13-5-2-3-7-16(13)20(25)23-18-9-8-14(21)11-17(18)19(24)22-12-15-6-4-10-26-15/h2-3,5,7-9,11,15H,4,6,10,12H2,1H3,(H,22,24)(H,23,25)/t15-/m1/s1. The van der Waals surface area contributed by atoms with Crippen LogP contribution < -0.4 is 10.6 Å². The number of halogens is 1. The molecule has 0 unspecified atom stereocenters. The Labute approximate surface area is 166 Å². The number of carbonyl (C=O) groups is 2. The van der Waals surface area contributed by atoms with Crippen molar-refractivity contribution < 1.29 is 14.3 Å².